The Morgan fingerprint density at radius 3 is 2.31 bits per heavy atom. The van der Waals surface area contributed by atoms with Gasteiger partial charge in [0, 0.05) is 49.6 Å². The molecule has 1 saturated heterocycles. The molecule has 2 heterocycles. The predicted octanol–water partition coefficient (Wildman–Crippen LogP) is 3.35. The van der Waals surface area contributed by atoms with Crippen molar-refractivity contribution < 1.29 is 10.2 Å². The van der Waals surface area contributed by atoms with E-state index in [0.717, 1.165) is 67.4 Å². The highest BCUT2D eigenvalue weighted by Crippen LogP contribution is 2.30. The normalized spacial score (nSPS) is 16.2. The Morgan fingerprint density at radius 2 is 1.78 bits per heavy atom. The second kappa shape index (κ2) is 10.8. The first kappa shape index (κ1) is 24.0. The van der Waals surface area contributed by atoms with E-state index in [9.17, 15) is 10.2 Å². The summed E-state index contributed by atoms with van der Waals surface area (Å²) < 4.78 is 2.12. The number of aromatic nitrogens is 2. The first-order chi connectivity index (χ1) is 15.4. The third kappa shape index (κ3) is 5.40. The van der Waals surface area contributed by atoms with Crippen molar-refractivity contribution in [1.82, 2.24) is 19.8 Å². The van der Waals surface area contributed by atoms with Gasteiger partial charge in [-0.2, -0.15) is 0 Å². The van der Waals surface area contributed by atoms with Gasteiger partial charge in [0.25, 0.3) is 0 Å². The van der Waals surface area contributed by atoms with Crippen molar-refractivity contribution in [3.63, 3.8) is 0 Å². The van der Waals surface area contributed by atoms with Gasteiger partial charge < -0.3 is 25.0 Å². The number of rotatable bonds is 7. The molecule has 3 rings (SSSR count). The standard InChI is InChI=1S/C25H37N5O2/c1-5-12-29-15-22(27-18-29)20-6-8-21(9-7-20)23(19(2)3)28-24(26-4)30-13-10-25(16-31,17-32)11-14-30/h6-9,15,18,31-32H,5,10-14,16-17H2,1-4H3,(H,26,28). The Balaban J connectivity index is 1.73. The summed E-state index contributed by atoms with van der Waals surface area (Å²) in [5, 5.41) is 22.9. The SMILES string of the molecule is CCCn1cnc(-c2ccc(C(NC(=NC)N3CCC(CO)(CO)CC3)=C(C)C)cc2)c1. The lowest BCUT2D eigenvalue weighted by Gasteiger charge is -2.40. The topological polar surface area (TPSA) is 85.9 Å². The van der Waals surface area contributed by atoms with Crippen molar-refractivity contribution in [1.29, 1.82) is 0 Å². The van der Waals surface area contributed by atoms with E-state index in [0.29, 0.717) is 0 Å². The smallest absolute Gasteiger partial charge is 0.198 e. The largest absolute Gasteiger partial charge is 0.396 e. The third-order valence-corrected chi connectivity index (χ3v) is 6.33. The molecule has 0 spiro atoms. The van der Waals surface area contributed by atoms with Crippen molar-refractivity contribution >= 4 is 11.7 Å². The lowest BCUT2D eigenvalue weighted by atomic mass is 9.80. The van der Waals surface area contributed by atoms with Crippen LogP contribution in [0.4, 0.5) is 0 Å². The number of piperidine rings is 1. The predicted molar refractivity (Wildman–Crippen MR) is 130 cm³/mol. The fourth-order valence-electron chi connectivity index (χ4n) is 4.13. The minimum absolute atomic E-state index is 0.0195. The zero-order valence-electron chi connectivity index (χ0n) is 19.8. The molecule has 0 aliphatic carbocycles. The van der Waals surface area contributed by atoms with Crippen LogP contribution in [-0.2, 0) is 6.54 Å². The molecule has 1 aliphatic rings. The summed E-state index contributed by atoms with van der Waals surface area (Å²) >= 11 is 0. The van der Waals surface area contributed by atoms with Crippen molar-refractivity contribution in [2.75, 3.05) is 33.4 Å². The van der Waals surface area contributed by atoms with Gasteiger partial charge in [0.15, 0.2) is 5.96 Å². The molecule has 7 heteroatoms. The number of aryl methyl sites for hydroxylation is 1. The minimum Gasteiger partial charge on any atom is -0.396 e. The van der Waals surface area contributed by atoms with Gasteiger partial charge in [-0.3, -0.25) is 4.99 Å². The zero-order chi connectivity index (χ0) is 23.1. The summed E-state index contributed by atoms with van der Waals surface area (Å²) in [6.07, 6.45) is 6.55. The molecule has 174 valence electrons. The van der Waals surface area contributed by atoms with E-state index in [1.54, 1.807) is 7.05 Å². The van der Waals surface area contributed by atoms with E-state index in [1.807, 2.05) is 6.33 Å². The molecule has 1 aromatic carbocycles. The van der Waals surface area contributed by atoms with Gasteiger partial charge in [-0.15, -0.1) is 0 Å². The lowest BCUT2D eigenvalue weighted by Crippen LogP contribution is -2.49. The van der Waals surface area contributed by atoms with Gasteiger partial charge in [0.1, 0.15) is 0 Å². The van der Waals surface area contributed by atoms with Gasteiger partial charge in [0.05, 0.1) is 25.2 Å². The molecule has 1 fully saturated rings. The quantitative estimate of drug-likeness (QED) is 0.455. The summed E-state index contributed by atoms with van der Waals surface area (Å²) in [7, 11) is 1.79. The molecule has 1 aliphatic heterocycles. The summed E-state index contributed by atoms with van der Waals surface area (Å²) in [5.74, 6) is 0.813. The van der Waals surface area contributed by atoms with E-state index in [2.05, 4.69) is 76.0 Å². The van der Waals surface area contributed by atoms with Gasteiger partial charge in [-0.1, -0.05) is 36.8 Å². The van der Waals surface area contributed by atoms with Gasteiger partial charge in [-0.25, -0.2) is 4.98 Å². The summed E-state index contributed by atoms with van der Waals surface area (Å²) in [5.41, 5.74) is 5.01. The zero-order valence-corrected chi connectivity index (χ0v) is 19.8. The monoisotopic (exact) mass is 439 g/mol. The number of guanidine groups is 1. The Bertz CT molecular complexity index is 927. The maximum absolute atomic E-state index is 9.69. The number of hydrogen-bond donors (Lipinski definition) is 3. The first-order valence-electron chi connectivity index (χ1n) is 11.5. The third-order valence-electron chi connectivity index (χ3n) is 6.33. The molecule has 0 radical (unpaired) electrons. The summed E-state index contributed by atoms with van der Waals surface area (Å²) in [6, 6.07) is 8.46. The fourth-order valence-corrected chi connectivity index (χ4v) is 4.13. The highest BCUT2D eigenvalue weighted by atomic mass is 16.3. The van der Waals surface area contributed by atoms with Gasteiger partial charge in [0.2, 0.25) is 0 Å². The fraction of sp³-hybridized carbons (Fsp3) is 0.520. The van der Waals surface area contributed by atoms with Crippen molar-refractivity contribution in [3.05, 3.63) is 47.9 Å². The maximum Gasteiger partial charge on any atom is 0.198 e. The van der Waals surface area contributed by atoms with Crippen LogP contribution in [0.1, 0.15) is 45.6 Å². The van der Waals surface area contributed by atoms with E-state index < -0.39 is 0 Å². The van der Waals surface area contributed by atoms with E-state index in [1.165, 1.54) is 5.57 Å². The van der Waals surface area contributed by atoms with Crippen LogP contribution in [0, 0.1) is 5.41 Å². The van der Waals surface area contributed by atoms with Crippen LogP contribution >= 0.6 is 0 Å². The highest BCUT2D eigenvalue weighted by molar-refractivity contribution is 5.90. The van der Waals surface area contributed by atoms with E-state index in [4.69, 9.17) is 0 Å². The minimum atomic E-state index is -0.380. The number of benzene rings is 1. The molecule has 0 unspecified atom stereocenters. The molecular weight excluding hydrogens is 402 g/mol. The highest BCUT2D eigenvalue weighted by Gasteiger charge is 2.34. The van der Waals surface area contributed by atoms with Crippen LogP contribution in [0.15, 0.2) is 47.4 Å². The van der Waals surface area contributed by atoms with Crippen LogP contribution < -0.4 is 5.32 Å². The number of aliphatic hydroxyl groups excluding tert-OH is 2. The number of imidazole rings is 1. The number of likely N-dealkylation sites (tertiary alicyclic amines) is 1. The van der Waals surface area contributed by atoms with Crippen molar-refractivity contribution in [2.45, 2.75) is 46.6 Å². The Morgan fingerprint density at radius 1 is 1.12 bits per heavy atom. The number of nitrogens with zero attached hydrogens (tertiary/aromatic N) is 4. The average Bonchev–Trinajstić information content (AvgIpc) is 3.29. The molecule has 1 aromatic heterocycles. The molecule has 0 amide bonds. The molecule has 0 atom stereocenters. The molecule has 7 nitrogen and oxygen atoms in total. The molecule has 0 bridgehead atoms. The second-order valence-electron chi connectivity index (χ2n) is 8.92. The molecule has 2 aromatic rings. The van der Waals surface area contributed by atoms with Crippen molar-refractivity contribution in [3.8, 4) is 11.3 Å². The first-order valence-corrected chi connectivity index (χ1v) is 11.5. The Hall–Kier alpha value is -2.64. The van der Waals surface area contributed by atoms with Crippen LogP contribution in [0.5, 0.6) is 0 Å². The molecule has 0 saturated carbocycles. The van der Waals surface area contributed by atoms with Crippen LogP contribution in [-0.4, -0.2) is 64.0 Å². The van der Waals surface area contributed by atoms with Gasteiger partial charge in [-0.05, 0) is 38.7 Å². The van der Waals surface area contributed by atoms with Crippen LogP contribution in [0.25, 0.3) is 17.0 Å². The number of aliphatic imine (C=N–C) groups is 1. The number of aliphatic hydroxyl groups is 2. The summed E-state index contributed by atoms with van der Waals surface area (Å²) in [6.45, 7) is 8.85. The van der Waals surface area contributed by atoms with E-state index >= 15 is 0 Å². The molecular formula is C25H37N5O2. The maximum atomic E-state index is 9.69. The van der Waals surface area contributed by atoms with Crippen LogP contribution in [0.2, 0.25) is 0 Å². The average molecular weight is 440 g/mol. The van der Waals surface area contributed by atoms with Crippen molar-refractivity contribution in [2.24, 2.45) is 10.4 Å². The number of hydrogen-bond acceptors (Lipinski definition) is 4. The molecule has 32 heavy (non-hydrogen) atoms. The Kier molecular flexibility index (Phi) is 8.10. The Labute approximate surface area is 191 Å². The van der Waals surface area contributed by atoms with Crippen LogP contribution in [0.3, 0.4) is 0 Å². The van der Waals surface area contributed by atoms with Gasteiger partial charge >= 0.3 is 0 Å². The second-order valence-corrected chi connectivity index (χ2v) is 8.92. The molecule has 3 N–H and O–H groups in total. The summed E-state index contributed by atoms with van der Waals surface area (Å²) in [4.78, 5) is 11.2. The van der Waals surface area contributed by atoms with E-state index in [-0.39, 0.29) is 18.6 Å². The number of nitrogens with one attached hydrogen (secondary N) is 1. The number of allylic oxidation sites excluding steroid dienone is 1. The lowest BCUT2D eigenvalue weighted by molar-refractivity contribution is 0.0119.